The molecule has 0 bridgehead atoms. The van der Waals surface area contributed by atoms with Crippen LogP contribution in [0.4, 0.5) is 5.69 Å². The first-order chi connectivity index (χ1) is 9.36. The number of sulfonamides is 1. The standard InChI is InChI=1S/C13H17N3O3S/c1-3-10(15-2)7-8-13(17)16-11-5-4-6-12(9-11)20(14,18)19/h3-6,9H,2,7-8H2,1H3,(H,16,17)(H2,14,18,19)/b10-3-. The normalized spacial score (nSPS) is 12.0. The molecule has 108 valence electrons. The number of nitrogens with one attached hydrogen (secondary N) is 1. The van der Waals surface area contributed by atoms with Crippen LogP contribution in [-0.2, 0) is 14.8 Å². The molecule has 0 heterocycles. The lowest BCUT2D eigenvalue weighted by Gasteiger charge is -2.06. The van der Waals surface area contributed by atoms with E-state index in [1.165, 1.54) is 18.2 Å². The van der Waals surface area contributed by atoms with Crippen molar-refractivity contribution in [2.45, 2.75) is 24.7 Å². The maximum absolute atomic E-state index is 11.7. The van der Waals surface area contributed by atoms with Crippen LogP contribution < -0.4 is 10.5 Å². The van der Waals surface area contributed by atoms with E-state index in [0.29, 0.717) is 12.1 Å². The largest absolute Gasteiger partial charge is 0.326 e. The Hall–Kier alpha value is -1.99. The van der Waals surface area contributed by atoms with Gasteiger partial charge in [-0.2, -0.15) is 0 Å². The van der Waals surface area contributed by atoms with Gasteiger partial charge in [-0.15, -0.1) is 0 Å². The Kier molecular flexibility index (Phi) is 5.60. The van der Waals surface area contributed by atoms with Crippen molar-refractivity contribution in [2.24, 2.45) is 10.1 Å². The first kappa shape index (κ1) is 16.1. The molecule has 0 aromatic heterocycles. The fourth-order valence-electron chi connectivity index (χ4n) is 1.53. The van der Waals surface area contributed by atoms with Gasteiger partial charge in [0.25, 0.3) is 0 Å². The molecule has 6 nitrogen and oxygen atoms in total. The van der Waals surface area contributed by atoms with Crippen LogP contribution in [0.15, 0.2) is 45.9 Å². The highest BCUT2D eigenvalue weighted by Gasteiger charge is 2.09. The first-order valence-corrected chi connectivity index (χ1v) is 7.46. The molecule has 3 N–H and O–H groups in total. The van der Waals surface area contributed by atoms with Crippen LogP contribution in [0.1, 0.15) is 19.8 Å². The monoisotopic (exact) mass is 295 g/mol. The zero-order chi connectivity index (χ0) is 15.2. The van der Waals surface area contributed by atoms with E-state index < -0.39 is 10.0 Å². The lowest BCUT2D eigenvalue weighted by atomic mass is 10.2. The highest BCUT2D eigenvalue weighted by molar-refractivity contribution is 7.89. The van der Waals surface area contributed by atoms with Crippen molar-refractivity contribution in [1.29, 1.82) is 0 Å². The van der Waals surface area contributed by atoms with Crippen molar-refractivity contribution in [1.82, 2.24) is 0 Å². The lowest BCUT2D eigenvalue weighted by molar-refractivity contribution is -0.116. The number of amides is 1. The summed E-state index contributed by atoms with van der Waals surface area (Å²) in [6.45, 7) is 5.22. The number of allylic oxidation sites excluding steroid dienone is 2. The van der Waals surface area contributed by atoms with E-state index in [1.807, 2.05) is 6.92 Å². The van der Waals surface area contributed by atoms with Crippen LogP contribution in [0.5, 0.6) is 0 Å². The molecule has 1 aromatic rings. The number of aliphatic imine (C=N–C) groups is 1. The van der Waals surface area contributed by atoms with E-state index in [-0.39, 0.29) is 17.2 Å². The predicted octanol–water partition coefficient (Wildman–Crippen LogP) is 1.66. The predicted molar refractivity (Wildman–Crippen MR) is 79.0 cm³/mol. The van der Waals surface area contributed by atoms with Gasteiger partial charge in [0.2, 0.25) is 15.9 Å². The summed E-state index contributed by atoms with van der Waals surface area (Å²) in [5.74, 6) is -0.237. The summed E-state index contributed by atoms with van der Waals surface area (Å²) in [7, 11) is -3.78. The summed E-state index contributed by atoms with van der Waals surface area (Å²) < 4.78 is 22.4. The number of carbonyl (C=O) groups excluding carboxylic acids is 1. The molecule has 0 saturated carbocycles. The SMILES string of the molecule is C=N/C(=C\C)CCC(=O)Nc1cccc(S(N)(=O)=O)c1. The van der Waals surface area contributed by atoms with Gasteiger partial charge >= 0.3 is 0 Å². The summed E-state index contributed by atoms with van der Waals surface area (Å²) in [6.07, 6.45) is 2.49. The zero-order valence-electron chi connectivity index (χ0n) is 11.2. The Labute approximate surface area is 118 Å². The molecular weight excluding hydrogens is 278 g/mol. The molecule has 0 unspecified atom stereocenters. The fourth-order valence-corrected chi connectivity index (χ4v) is 2.09. The minimum absolute atomic E-state index is 0.0443. The topological polar surface area (TPSA) is 102 Å². The van der Waals surface area contributed by atoms with Crippen molar-refractivity contribution < 1.29 is 13.2 Å². The van der Waals surface area contributed by atoms with Crippen LogP contribution in [0.3, 0.4) is 0 Å². The summed E-state index contributed by atoms with van der Waals surface area (Å²) in [5, 5.41) is 7.63. The molecule has 1 rings (SSSR count). The number of anilines is 1. The summed E-state index contributed by atoms with van der Waals surface area (Å²) >= 11 is 0. The maximum atomic E-state index is 11.7. The quantitative estimate of drug-likeness (QED) is 0.780. The molecular formula is C13H17N3O3S. The van der Waals surface area contributed by atoms with Gasteiger partial charge in [0.1, 0.15) is 0 Å². The van der Waals surface area contributed by atoms with Crippen molar-refractivity contribution >= 4 is 28.3 Å². The summed E-state index contributed by atoms with van der Waals surface area (Å²) in [6, 6.07) is 5.78. The number of nitrogens with two attached hydrogens (primary N) is 1. The van der Waals surface area contributed by atoms with E-state index >= 15 is 0 Å². The van der Waals surface area contributed by atoms with Crippen LogP contribution in [0.2, 0.25) is 0 Å². The van der Waals surface area contributed by atoms with Crippen molar-refractivity contribution in [2.75, 3.05) is 5.32 Å². The van der Waals surface area contributed by atoms with Crippen LogP contribution in [0, 0.1) is 0 Å². The van der Waals surface area contributed by atoms with Gasteiger partial charge < -0.3 is 5.32 Å². The van der Waals surface area contributed by atoms with E-state index in [2.05, 4.69) is 17.0 Å². The second-order valence-corrected chi connectivity index (χ2v) is 5.62. The third-order valence-electron chi connectivity index (χ3n) is 2.59. The molecule has 7 heteroatoms. The molecule has 0 saturated heterocycles. The minimum Gasteiger partial charge on any atom is -0.326 e. The molecule has 0 aliphatic carbocycles. The molecule has 0 spiro atoms. The number of rotatable bonds is 6. The lowest BCUT2D eigenvalue weighted by Crippen LogP contribution is -2.14. The fraction of sp³-hybridized carbons (Fsp3) is 0.231. The van der Waals surface area contributed by atoms with Crippen LogP contribution in [0.25, 0.3) is 0 Å². The smallest absolute Gasteiger partial charge is 0.238 e. The molecule has 1 aromatic carbocycles. The highest BCUT2D eigenvalue weighted by Crippen LogP contribution is 2.15. The third-order valence-corrected chi connectivity index (χ3v) is 3.50. The van der Waals surface area contributed by atoms with E-state index in [4.69, 9.17) is 5.14 Å². The maximum Gasteiger partial charge on any atom is 0.238 e. The van der Waals surface area contributed by atoms with Gasteiger partial charge in [0, 0.05) is 17.8 Å². The Balaban J connectivity index is 2.70. The number of hydrogen-bond acceptors (Lipinski definition) is 4. The van der Waals surface area contributed by atoms with E-state index in [0.717, 1.165) is 5.70 Å². The number of benzene rings is 1. The average molecular weight is 295 g/mol. The van der Waals surface area contributed by atoms with Gasteiger partial charge in [-0.3, -0.25) is 9.79 Å². The van der Waals surface area contributed by atoms with Crippen molar-refractivity contribution in [3.05, 3.63) is 36.0 Å². The Morgan fingerprint density at radius 2 is 2.15 bits per heavy atom. The average Bonchev–Trinajstić information content (AvgIpc) is 2.39. The summed E-state index contributed by atoms with van der Waals surface area (Å²) in [5.41, 5.74) is 1.12. The van der Waals surface area contributed by atoms with Gasteiger partial charge in [-0.1, -0.05) is 12.1 Å². The van der Waals surface area contributed by atoms with E-state index in [1.54, 1.807) is 12.1 Å². The van der Waals surface area contributed by atoms with Gasteiger partial charge in [-0.05, 0) is 38.3 Å². The molecule has 1 amide bonds. The van der Waals surface area contributed by atoms with Crippen LogP contribution in [-0.4, -0.2) is 21.0 Å². The molecule has 0 aliphatic rings. The second-order valence-electron chi connectivity index (χ2n) is 4.06. The highest BCUT2D eigenvalue weighted by atomic mass is 32.2. The number of hydrogen-bond donors (Lipinski definition) is 2. The number of carbonyl (C=O) groups is 1. The summed E-state index contributed by atoms with van der Waals surface area (Å²) in [4.78, 5) is 15.5. The Morgan fingerprint density at radius 1 is 1.45 bits per heavy atom. The van der Waals surface area contributed by atoms with Crippen molar-refractivity contribution in [3.8, 4) is 0 Å². The Bertz CT molecular complexity index is 636. The zero-order valence-corrected chi connectivity index (χ0v) is 12.0. The third kappa shape index (κ3) is 4.94. The number of primary sulfonamides is 1. The van der Waals surface area contributed by atoms with E-state index in [9.17, 15) is 13.2 Å². The van der Waals surface area contributed by atoms with Crippen LogP contribution >= 0.6 is 0 Å². The molecule has 0 aliphatic heterocycles. The van der Waals surface area contributed by atoms with Gasteiger partial charge in [0.15, 0.2) is 0 Å². The molecule has 0 atom stereocenters. The molecule has 0 radical (unpaired) electrons. The Morgan fingerprint density at radius 3 is 2.70 bits per heavy atom. The molecule has 0 fully saturated rings. The van der Waals surface area contributed by atoms with Crippen molar-refractivity contribution in [3.63, 3.8) is 0 Å². The minimum atomic E-state index is -3.78. The van der Waals surface area contributed by atoms with Gasteiger partial charge in [-0.25, -0.2) is 13.6 Å². The second kappa shape index (κ2) is 6.97. The molecule has 20 heavy (non-hydrogen) atoms. The van der Waals surface area contributed by atoms with Gasteiger partial charge in [0.05, 0.1) is 4.90 Å². The number of nitrogens with zero attached hydrogens (tertiary/aromatic N) is 1. The first-order valence-electron chi connectivity index (χ1n) is 5.91.